The molecule has 1 fully saturated rings. The average molecular weight is 394 g/mol. The molecule has 1 aliphatic carbocycles. The van der Waals surface area contributed by atoms with Crippen molar-refractivity contribution in [3.05, 3.63) is 48.9 Å². The van der Waals surface area contributed by atoms with Crippen LogP contribution in [0.15, 0.2) is 48.9 Å². The first-order valence-electron chi connectivity index (χ1n) is 9.67. The van der Waals surface area contributed by atoms with Gasteiger partial charge in [0.2, 0.25) is 0 Å². The number of H-pyrrole nitrogens is 1. The fourth-order valence-electron chi connectivity index (χ4n) is 4.51. The van der Waals surface area contributed by atoms with Crippen LogP contribution in [0.5, 0.6) is 0 Å². The second-order valence-corrected chi connectivity index (χ2v) is 8.12. The van der Waals surface area contributed by atoms with Gasteiger partial charge >= 0.3 is 0 Å². The van der Waals surface area contributed by atoms with Crippen molar-refractivity contribution in [2.75, 3.05) is 0 Å². The zero-order valence-corrected chi connectivity index (χ0v) is 16.4. The first-order chi connectivity index (χ1) is 14.6. The molecular formula is C22H18N8. The van der Waals surface area contributed by atoms with Crippen molar-refractivity contribution in [1.82, 2.24) is 29.9 Å². The predicted octanol–water partition coefficient (Wildman–Crippen LogP) is 3.82. The largest absolute Gasteiger partial charge is 0.285 e. The monoisotopic (exact) mass is 394 g/mol. The number of nitrogens with one attached hydrogen (secondary N) is 1. The Labute approximate surface area is 172 Å². The molecular weight excluding hydrogens is 376 g/mol. The minimum absolute atomic E-state index is 0.314. The zero-order chi connectivity index (χ0) is 20.8. The summed E-state index contributed by atoms with van der Waals surface area (Å²) < 4.78 is 1.84. The molecule has 8 nitrogen and oxygen atoms in total. The Morgan fingerprint density at radius 1 is 1.17 bits per heavy atom. The maximum atomic E-state index is 9.43. The van der Waals surface area contributed by atoms with Crippen molar-refractivity contribution in [2.45, 2.75) is 31.7 Å². The van der Waals surface area contributed by atoms with E-state index in [0.717, 1.165) is 16.6 Å². The Bertz CT molecular complexity index is 1310. The molecule has 1 saturated carbocycles. The van der Waals surface area contributed by atoms with Gasteiger partial charge < -0.3 is 0 Å². The van der Waals surface area contributed by atoms with Gasteiger partial charge in [-0.3, -0.25) is 14.8 Å². The van der Waals surface area contributed by atoms with Gasteiger partial charge in [-0.2, -0.15) is 20.7 Å². The van der Waals surface area contributed by atoms with Gasteiger partial charge in [-0.1, -0.05) is 0 Å². The Morgan fingerprint density at radius 3 is 2.77 bits per heavy atom. The highest BCUT2D eigenvalue weighted by Crippen LogP contribution is 2.54. The van der Waals surface area contributed by atoms with Gasteiger partial charge in [0.1, 0.15) is 17.1 Å². The fraction of sp³-hybridized carbons (Fsp3) is 0.273. The molecule has 0 bridgehead atoms. The predicted molar refractivity (Wildman–Crippen MR) is 109 cm³/mol. The van der Waals surface area contributed by atoms with Crippen LogP contribution < -0.4 is 0 Å². The fourth-order valence-corrected chi connectivity index (χ4v) is 4.51. The smallest absolute Gasteiger partial charge is 0.111 e. The molecule has 30 heavy (non-hydrogen) atoms. The maximum absolute atomic E-state index is 9.43. The number of pyridine rings is 2. The van der Waals surface area contributed by atoms with E-state index in [1.807, 2.05) is 48.1 Å². The molecule has 0 atom stereocenters. The van der Waals surface area contributed by atoms with E-state index in [-0.39, 0.29) is 0 Å². The summed E-state index contributed by atoms with van der Waals surface area (Å²) in [6.45, 7) is 1.93. The third-order valence-corrected chi connectivity index (χ3v) is 5.80. The van der Waals surface area contributed by atoms with Crippen LogP contribution >= 0.6 is 0 Å². The highest BCUT2D eigenvalue weighted by Gasteiger charge is 2.54. The lowest BCUT2D eigenvalue weighted by Crippen LogP contribution is -2.51. The topological polar surface area (TPSA) is 120 Å². The van der Waals surface area contributed by atoms with Crippen LogP contribution in [0, 0.1) is 28.1 Å². The normalized spacial score (nSPS) is 22.9. The van der Waals surface area contributed by atoms with E-state index in [1.165, 1.54) is 0 Å². The van der Waals surface area contributed by atoms with Crippen LogP contribution in [-0.2, 0) is 5.54 Å². The average Bonchev–Trinajstić information content (AvgIpc) is 3.44. The van der Waals surface area contributed by atoms with E-state index in [2.05, 4.69) is 27.3 Å². The van der Waals surface area contributed by atoms with Gasteiger partial charge in [-0.15, -0.1) is 0 Å². The van der Waals surface area contributed by atoms with E-state index in [9.17, 15) is 10.5 Å². The minimum atomic E-state index is -0.453. The Morgan fingerprint density at radius 2 is 2.03 bits per heavy atom. The van der Waals surface area contributed by atoms with Crippen LogP contribution in [0.4, 0.5) is 0 Å². The molecule has 1 aliphatic rings. The highest BCUT2D eigenvalue weighted by molar-refractivity contribution is 5.93. The molecule has 5 rings (SSSR count). The van der Waals surface area contributed by atoms with Crippen molar-refractivity contribution in [3.63, 3.8) is 0 Å². The molecule has 0 radical (unpaired) electrons. The number of fused-ring (bicyclic) bond motifs is 1. The number of aromatic amines is 1. The first kappa shape index (κ1) is 18.0. The SMILES string of the molecule is CC1(C#N)CC(CC#N)(n2ccc(-c3nc(-c4cc[nH]n4)cc4ncccc34)n2)C1. The minimum Gasteiger partial charge on any atom is -0.285 e. The molecule has 4 heterocycles. The number of aromatic nitrogens is 6. The maximum Gasteiger partial charge on any atom is 0.111 e. The summed E-state index contributed by atoms with van der Waals surface area (Å²) in [4.78, 5) is 9.32. The van der Waals surface area contributed by atoms with Crippen molar-refractivity contribution in [3.8, 4) is 34.9 Å². The van der Waals surface area contributed by atoms with Gasteiger partial charge in [0.05, 0.1) is 40.7 Å². The summed E-state index contributed by atoms with van der Waals surface area (Å²) in [5.41, 5.74) is 2.79. The Balaban J connectivity index is 1.62. The zero-order valence-electron chi connectivity index (χ0n) is 16.4. The number of hydrogen-bond donors (Lipinski definition) is 1. The van der Waals surface area contributed by atoms with Crippen molar-refractivity contribution < 1.29 is 0 Å². The lowest BCUT2D eigenvalue weighted by molar-refractivity contribution is 0.0200. The van der Waals surface area contributed by atoms with Gasteiger partial charge in [0.15, 0.2) is 0 Å². The van der Waals surface area contributed by atoms with E-state index in [1.54, 1.807) is 12.4 Å². The van der Waals surface area contributed by atoms with E-state index >= 15 is 0 Å². The van der Waals surface area contributed by atoms with Crippen molar-refractivity contribution in [1.29, 1.82) is 10.5 Å². The summed E-state index contributed by atoms with van der Waals surface area (Å²) in [7, 11) is 0. The lowest BCUT2D eigenvalue weighted by Gasteiger charge is -2.50. The summed E-state index contributed by atoms with van der Waals surface area (Å²) in [6.07, 6.45) is 6.91. The number of nitriles is 2. The van der Waals surface area contributed by atoms with Crippen molar-refractivity contribution >= 4 is 10.9 Å². The van der Waals surface area contributed by atoms with E-state index in [4.69, 9.17) is 10.1 Å². The third kappa shape index (κ3) is 2.73. The molecule has 0 aliphatic heterocycles. The molecule has 0 unspecified atom stereocenters. The van der Waals surface area contributed by atoms with E-state index in [0.29, 0.717) is 36.3 Å². The molecule has 4 aromatic heterocycles. The molecule has 0 aromatic carbocycles. The van der Waals surface area contributed by atoms with Crippen LogP contribution in [0.3, 0.4) is 0 Å². The van der Waals surface area contributed by atoms with Gasteiger partial charge in [0, 0.05) is 24.0 Å². The van der Waals surface area contributed by atoms with Gasteiger partial charge in [-0.25, -0.2) is 4.98 Å². The molecule has 0 saturated heterocycles. The molecule has 4 aromatic rings. The third-order valence-electron chi connectivity index (χ3n) is 5.80. The summed E-state index contributed by atoms with van der Waals surface area (Å²) in [5.74, 6) is 0. The molecule has 8 heteroatoms. The number of hydrogen-bond acceptors (Lipinski definition) is 6. The molecule has 1 N–H and O–H groups in total. The summed E-state index contributed by atoms with van der Waals surface area (Å²) >= 11 is 0. The molecule has 146 valence electrons. The van der Waals surface area contributed by atoms with E-state index < -0.39 is 11.0 Å². The lowest BCUT2D eigenvalue weighted by atomic mass is 9.58. The summed E-state index contributed by atoms with van der Waals surface area (Å²) in [6, 6.07) is 14.2. The quantitative estimate of drug-likeness (QED) is 0.562. The first-order valence-corrected chi connectivity index (χ1v) is 9.67. The van der Waals surface area contributed by atoms with Gasteiger partial charge in [-0.05, 0) is 50.1 Å². The van der Waals surface area contributed by atoms with Crippen LogP contribution in [0.25, 0.3) is 33.7 Å². The molecule has 0 amide bonds. The Kier molecular flexibility index (Phi) is 3.90. The van der Waals surface area contributed by atoms with Crippen LogP contribution in [0.1, 0.15) is 26.2 Å². The number of rotatable bonds is 4. The van der Waals surface area contributed by atoms with Crippen LogP contribution in [-0.4, -0.2) is 29.9 Å². The second kappa shape index (κ2) is 6.50. The standard InChI is InChI=1S/C22H18N8/c1-21(14-24)12-22(13-21,6-7-23)30-10-5-17(29-30)20-15-3-2-8-25-18(15)11-19(27-20)16-4-9-26-28-16/h2-5,8-11H,6,12-13H2,1H3,(H,26,28). The second-order valence-electron chi connectivity index (χ2n) is 8.12. The highest BCUT2D eigenvalue weighted by atomic mass is 15.3. The Hall–Kier alpha value is -4.04. The molecule has 0 spiro atoms. The van der Waals surface area contributed by atoms with Gasteiger partial charge in [0.25, 0.3) is 0 Å². The van der Waals surface area contributed by atoms with Crippen molar-refractivity contribution in [2.24, 2.45) is 5.41 Å². The summed E-state index contributed by atoms with van der Waals surface area (Å²) in [5, 5.41) is 31.6. The number of nitrogens with zero attached hydrogens (tertiary/aromatic N) is 7. The van der Waals surface area contributed by atoms with Crippen LogP contribution in [0.2, 0.25) is 0 Å².